The number of carbonyl (C=O) groups is 1. The van der Waals surface area contributed by atoms with Crippen molar-refractivity contribution in [2.24, 2.45) is 5.92 Å². The van der Waals surface area contributed by atoms with Crippen LogP contribution in [0.2, 0.25) is 0 Å². The van der Waals surface area contributed by atoms with Crippen molar-refractivity contribution in [1.82, 2.24) is 0 Å². The van der Waals surface area contributed by atoms with Crippen LogP contribution >= 0.6 is 0 Å². The molecule has 0 aliphatic carbocycles. The van der Waals surface area contributed by atoms with E-state index in [-0.39, 0.29) is 5.92 Å². The molecule has 3 nitrogen and oxygen atoms in total. The molecule has 0 radical (unpaired) electrons. The number of hydrogen-bond acceptors (Lipinski definition) is 3. The van der Waals surface area contributed by atoms with E-state index in [4.69, 9.17) is 4.74 Å². The van der Waals surface area contributed by atoms with Gasteiger partial charge >= 0.3 is 5.97 Å². The van der Waals surface area contributed by atoms with Gasteiger partial charge in [-0.25, -0.2) is 4.79 Å². The Morgan fingerprint density at radius 3 is 2.75 bits per heavy atom. The van der Waals surface area contributed by atoms with Crippen LogP contribution in [0.5, 0.6) is 0 Å². The highest BCUT2D eigenvalue weighted by Gasteiger charge is 2.41. The molecule has 3 heteroatoms. The number of allylic oxidation sites excluding steroid dienone is 1. The van der Waals surface area contributed by atoms with E-state index in [1.807, 2.05) is 13.0 Å². The highest BCUT2D eigenvalue weighted by atomic mass is 16.5. The van der Waals surface area contributed by atoms with E-state index >= 15 is 0 Å². The fourth-order valence-corrected chi connectivity index (χ4v) is 1.90. The van der Waals surface area contributed by atoms with Crippen LogP contribution in [-0.2, 0) is 15.1 Å². The second-order valence-electron chi connectivity index (χ2n) is 4.14. The van der Waals surface area contributed by atoms with Gasteiger partial charge in [-0.05, 0) is 24.0 Å². The Hall–Kier alpha value is -1.61. The normalized spacial score (nSPS) is 29.6. The molecule has 1 aromatic rings. The largest absolute Gasteiger partial charge is 0.432 e. The van der Waals surface area contributed by atoms with E-state index in [1.165, 1.54) is 6.26 Å². The highest BCUT2D eigenvalue weighted by Crippen LogP contribution is 2.32. The maximum absolute atomic E-state index is 11.8. The minimum Gasteiger partial charge on any atom is -0.432 e. The predicted octanol–water partition coefficient (Wildman–Crippen LogP) is 1.97. The smallest absolute Gasteiger partial charge is 0.347 e. The molecule has 0 fully saturated rings. The predicted molar refractivity (Wildman–Crippen MR) is 59.4 cm³/mol. The number of hydrogen-bond donors (Lipinski definition) is 1. The molecule has 16 heavy (non-hydrogen) atoms. The van der Waals surface area contributed by atoms with Crippen molar-refractivity contribution in [3.63, 3.8) is 0 Å². The standard InChI is InChI=1S/C13H14O3/c1-10-7-8-16-12(14)13(15,9-10)11-5-3-2-4-6-11/h2-8,10,15H,9H2,1H3. The van der Waals surface area contributed by atoms with Gasteiger partial charge in [0.25, 0.3) is 0 Å². The van der Waals surface area contributed by atoms with E-state index in [2.05, 4.69) is 0 Å². The van der Waals surface area contributed by atoms with Gasteiger partial charge in [-0.2, -0.15) is 0 Å². The molecule has 1 aromatic carbocycles. The van der Waals surface area contributed by atoms with E-state index < -0.39 is 11.6 Å². The number of carbonyl (C=O) groups excluding carboxylic acids is 1. The Kier molecular flexibility index (Phi) is 2.79. The van der Waals surface area contributed by atoms with Crippen LogP contribution in [0.3, 0.4) is 0 Å². The van der Waals surface area contributed by atoms with Crippen molar-refractivity contribution in [3.05, 3.63) is 48.2 Å². The summed E-state index contributed by atoms with van der Waals surface area (Å²) >= 11 is 0. The van der Waals surface area contributed by atoms with Crippen molar-refractivity contribution >= 4 is 5.97 Å². The lowest BCUT2D eigenvalue weighted by atomic mass is 9.85. The number of esters is 1. The molecule has 2 atom stereocenters. The first-order chi connectivity index (χ1) is 7.63. The van der Waals surface area contributed by atoms with Crippen LogP contribution in [0, 0.1) is 5.92 Å². The quantitative estimate of drug-likeness (QED) is 0.733. The maximum Gasteiger partial charge on any atom is 0.347 e. The van der Waals surface area contributed by atoms with Gasteiger partial charge in [0, 0.05) is 0 Å². The highest BCUT2D eigenvalue weighted by molar-refractivity contribution is 5.81. The maximum atomic E-state index is 11.8. The zero-order valence-electron chi connectivity index (χ0n) is 9.09. The molecule has 0 amide bonds. The molecule has 1 heterocycles. The SMILES string of the molecule is CC1C=COC(=O)C(O)(c2ccccc2)C1. The Morgan fingerprint density at radius 2 is 2.06 bits per heavy atom. The van der Waals surface area contributed by atoms with Crippen LogP contribution in [0.1, 0.15) is 18.9 Å². The van der Waals surface area contributed by atoms with Gasteiger partial charge in [0.1, 0.15) is 0 Å². The van der Waals surface area contributed by atoms with Crippen molar-refractivity contribution < 1.29 is 14.6 Å². The van der Waals surface area contributed by atoms with Crippen LogP contribution < -0.4 is 0 Å². The molecular weight excluding hydrogens is 204 g/mol. The summed E-state index contributed by atoms with van der Waals surface area (Å²) in [6.45, 7) is 1.94. The lowest BCUT2D eigenvalue weighted by Crippen LogP contribution is -2.37. The second kappa shape index (κ2) is 4.10. The molecule has 0 bridgehead atoms. The van der Waals surface area contributed by atoms with Gasteiger partial charge in [-0.1, -0.05) is 37.3 Å². The van der Waals surface area contributed by atoms with Gasteiger partial charge in [0.15, 0.2) is 5.60 Å². The second-order valence-corrected chi connectivity index (χ2v) is 4.14. The number of ether oxygens (including phenoxy) is 1. The molecule has 0 saturated carbocycles. The first-order valence-electron chi connectivity index (χ1n) is 5.28. The van der Waals surface area contributed by atoms with Crippen LogP contribution in [0.15, 0.2) is 42.7 Å². The monoisotopic (exact) mass is 218 g/mol. The van der Waals surface area contributed by atoms with Gasteiger partial charge in [0.05, 0.1) is 6.26 Å². The minimum absolute atomic E-state index is 0.0941. The fraction of sp³-hybridized carbons (Fsp3) is 0.308. The molecule has 1 aliphatic rings. The van der Waals surface area contributed by atoms with Crippen molar-refractivity contribution in [3.8, 4) is 0 Å². The molecule has 1 aliphatic heterocycles. The Bertz CT molecular complexity index is 410. The zero-order chi connectivity index (χ0) is 11.6. The van der Waals surface area contributed by atoms with E-state index in [9.17, 15) is 9.90 Å². The van der Waals surface area contributed by atoms with Gasteiger partial charge < -0.3 is 9.84 Å². The summed E-state index contributed by atoms with van der Waals surface area (Å²) in [4.78, 5) is 11.8. The van der Waals surface area contributed by atoms with E-state index in [1.54, 1.807) is 30.3 Å². The third-order valence-electron chi connectivity index (χ3n) is 2.79. The van der Waals surface area contributed by atoms with E-state index in [0.717, 1.165) is 0 Å². The van der Waals surface area contributed by atoms with Crippen LogP contribution in [-0.4, -0.2) is 11.1 Å². The van der Waals surface area contributed by atoms with Crippen molar-refractivity contribution in [1.29, 1.82) is 0 Å². The fourth-order valence-electron chi connectivity index (χ4n) is 1.90. The Balaban J connectivity index is 2.39. The van der Waals surface area contributed by atoms with Crippen molar-refractivity contribution in [2.75, 3.05) is 0 Å². The first-order valence-corrected chi connectivity index (χ1v) is 5.28. The third kappa shape index (κ3) is 1.86. The summed E-state index contributed by atoms with van der Waals surface area (Å²) in [6.07, 6.45) is 3.47. The zero-order valence-corrected chi connectivity index (χ0v) is 9.09. The number of aliphatic hydroxyl groups is 1. The number of cyclic esters (lactones) is 1. The summed E-state index contributed by atoms with van der Waals surface area (Å²) in [5.74, 6) is -0.518. The molecule has 0 spiro atoms. The van der Waals surface area contributed by atoms with Gasteiger partial charge in [-0.3, -0.25) is 0 Å². The van der Waals surface area contributed by atoms with E-state index in [0.29, 0.717) is 12.0 Å². The van der Waals surface area contributed by atoms with Crippen LogP contribution in [0.25, 0.3) is 0 Å². The Morgan fingerprint density at radius 1 is 1.38 bits per heavy atom. The van der Waals surface area contributed by atoms with Crippen molar-refractivity contribution in [2.45, 2.75) is 18.9 Å². The van der Waals surface area contributed by atoms with Gasteiger partial charge in [-0.15, -0.1) is 0 Å². The average molecular weight is 218 g/mol. The third-order valence-corrected chi connectivity index (χ3v) is 2.79. The molecule has 0 saturated heterocycles. The summed E-state index contributed by atoms with van der Waals surface area (Å²) < 4.78 is 4.87. The summed E-state index contributed by atoms with van der Waals surface area (Å²) in [5, 5.41) is 10.4. The molecule has 1 N–H and O–H groups in total. The number of rotatable bonds is 1. The van der Waals surface area contributed by atoms with Gasteiger partial charge in [0.2, 0.25) is 0 Å². The average Bonchev–Trinajstić information content (AvgIpc) is 2.41. The molecule has 2 unspecified atom stereocenters. The molecular formula is C13H14O3. The topological polar surface area (TPSA) is 46.5 Å². The minimum atomic E-state index is -1.54. The van der Waals surface area contributed by atoms with Crippen LogP contribution in [0.4, 0.5) is 0 Å². The number of benzene rings is 1. The first kappa shape index (κ1) is 10.9. The Labute approximate surface area is 94.4 Å². The summed E-state index contributed by atoms with van der Waals surface area (Å²) in [7, 11) is 0. The molecule has 84 valence electrons. The lowest BCUT2D eigenvalue weighted by molar-refractivity contribution is -0.161. The lowest BCUT2D eigenvalue weighted by Gasteiger charge is -2.25. The summed E-state index contributed by atoms with van der Waals surface area (Å²) in [6, 6.07) is 8.91. The molecule has 2 rings (SSSR count). The molecule has 0 aromatic heterocycles. The summed E-state index contributed by atoms with van der Waals surface area (Å²) in [5.41, 5.74) is -0.958.